The lowest BCUT2D eigenvalue weighted by Gasteiger charge is -2.20. The van der Waals surface area contributed by atoms with Gasteiger partial charge in [-0.05, 0) is 24.6 Å². The van der Waals surface area contributed by atoms with Gasteiger partial charge in [0, 0.05) is 18.2 Å². The molecule has 1 heterocycles. The topological polar surface area (TPSA) is 73.6 Å². The highest BCUT2D eigenvalue weighted by Crippen LogP contribution is 2.30. The van der Waals surface area contributed by atoms with Crippen LogP contribution in [-0.2, 0) is 0 Å². The van der Waals surface area contributed by atoms with Crippen LogP contribution in [0.25, 0.3) is 0 Å². The van der Waals surface area contributed by atoms with Gasteiger partial charge in [-0.25, -0.2) is 0 Å². The monoisotopic (exact) mass is 264 g/mol. The Hall–Kier alpha value is -1.75. The summed E-state index contributed by atoms with van der Waals surface area (Å²) in [5.74, 6) is 1.19. The molecule has 104 valence electrons. The fraction of sp³-hybridized carbons (Fsp3) is 0.500. The molecule has 1 unspecified atom stereocenters. The summed E-state index contributed by atoms with van der Waals surface area (Å²) in [5.41, 5.74) is 6.20. The van der Waals surface area contributed by atoms with E-state index < -0.39 is 0 Å². The first kappa shape index (κ1) is 13.7. The van der Waals surface area contributed by atoms with Gasteiger partial charge >= 0.3 is 0 Å². The average Bonchev–Trinajstić information content (AvgIpc) is 2.46. The molecule has 0 aliphatic carbocycles. The summed E-state index contributed by atoms with van der Waals surface area (Å²) < 4.78 is 10.9. The number of carbonyl (C=O) groups is 1. The second-order valence-electron chi connectivity index (χ2n) is 4.55. The van der Waals surface area contributed by atoms with Gasteiger partial charge in [-0.2, -0.15) is 0 Å². The molecule has 1 aromatic rings. The van der Waals surface area contributed by atoms with Gasteiger partial charge in [0.05, 0.1) is 0 Å². The number of hydrogen-bond acceptors (Lipinski definition) is 4. The highest BCUT2D eigenvalue weighted by Gasteiger charge is 2.16. The molecule has 2 rings (SSSR count). The molecule has 1 amide bonds. The summed E-state index contributed by atoms with van der Waals surface area (Å²) in [6, 6.07) is 5.23. The van der Waals surface area contributed by atoms with Crippen LogP contribution < -0.4 is 20.5 Å². The average molecular weight is 264 g/mol. The Morgan fingerprint density at radius 2 is 2.11 bits per heavy atom. The van der Waals surface area contributed by atoms with Gasteiger partial charge in [-0.3, -0.25) is 4.79 Å². The number of ether oxygens (including phenoxy) is 2. The second-order valence-corrected chi connectivity index (χ2v) is 4.55. The van der Waals surface area contributed by atoms with Crippen molar-refractivity contribution in [1.82, 2.24) is 5.32 Å². The summed E-state index contributed by atoms with van der Waals surface area (Å²) >= 11 is 0. The van der Waals surface area contributed by atoms with Crippen molar-refractivity contribution in [3.8, 4) is 11.5 Å². The summed E-state index contributed by atoms with van der Waals surface area (Å²) in [7, 11) is 0. The Labute approximate surface area is 113 Å². The number of carbonyl (C=O) groups excluding carboxylic acids is 1. The van der Waals surface area contributed by atoms with Crippen LogP contribution in [-0.4, -0.2) is 31.7 Å². The van der Waals surface area contributed by atoms with Crippen LogP contribution in [0.4, 0.5) is 0 Å². The fourth-order valence-corrected chi connectivity index (χ4v) is 2.05. The van der Waals surface area contributed by atoms with Crippen molar-refractivity contribution in [1.29, 1.82) is 0 Å². The number of hydrogen-bond donors (Lipinski definition) is 2. The van der Waals surface area contributed by atoms with Gasteiger partial charge in [0.2, 0.25) is 0 Å². The molecule has 0 saturated carbocycles. The van der Waals surface area contributed by atoms with Gasteiger partial charge in [0.1, 0.15) is 13.2 Å². The number of nitrogens with two attached hydrogens (primary N) is 1. The lowest BCUT2D eigenvalue weighted by molar-refractivity contribution is 0.0935. The van der Waals surface area contributed by atoms with Crippen LogP contribution in [0.3, 0.4) is 0 Å². The molecular formula is C14H20N2O3. The number of nitrogens with one attached hydrogen (secondary N) is 1. The van der Waals surface area contributed by atoms with Crippen molar-refractivity contribution < 1.29 is 14.3 Å². The third-order valence-corrected chi connectivity index (χ3v) is 3.06. The van der Waals surface area contributed by atoms with Crippen LogP contribution in [0.1, 0.15) is 30.1 Å². The first-order chi connectivity index (χ1) is 9.24. The lowest BCUT2D eigenvalue weighted by atomic mass is 10.1. The molecule has 1 aromatic carbocycles. The van der Waals surface area contributed by atoms with E-state index >= 15 is 0 Å². The zero-order valence-corrected chi connectivity index (χ0v) is 11.1. The van der Waals surface area contributed by atoms with Gasteiger partial charge in [-0.1, -0.05) is 13.3 Å². The Morgan fingerprint density at radius 1 is 1.37 bits per heavy atom. The molecule has 0 saturated heterocycles. The van der Waals surface area contributed by atoms with E-state index in [1.54, 1.807) is 18.2 Å². The Morgan fingerprint density at radius 3 is 2.79 bits per heavy atom. The van der Waals surface area contributed by atoms with Gasteiger partial charge < -0.3 is 20.5 Å². The molecule has 0 aromatic heterocycles. The molecule has 0 fully saturated rings. The molecule has 5 heteroatoms. The van der Waals surface area contributed by atoms with Crippen molar-refractivity contribution in [2.24, 2.45) is 5.73 Å². The van der Waals surface area contributed by atoms with Crippen molar-refractivity contribution in [2.75, 3.05) is 19.8 Å². The normalized spacial score (nSPS) is 14.8. The van der Waals surface area contributed by atoms with Crippen LogP contribution in [0.2, 0.25) is 0 Å². The third-order valence-electron chi connectivity index (χ3n) is 3.06. The van der Waals surface area contributed by atoms with Gasteiger partial charge in [-0.15, -0.1) is 0 Å². The van der Waals surface area contributed by atoms with E-state index in [0.29, 0.717) is 36.8 Å². The van der Waals surface area contributed by atoms with E-state index in [1.807, 2.05) is 0 Å². The molecule has 19 heavy (non-hydrogen) atoms. The summed E-state index contributed by atoms with van der Waals surface area (Å²) in [5, 5.41) is 2.93. The van der Waals surface area contributed by atoms with Crippen LogP contribution in [0.15, 0.2) is 18.2 Å². The smallest absolute Gasteiger partial charge is 0.251 e. The summed E-state index contributed by atoms with van der Waals surface area (Å²) in [6.45, 7) is 3.58. The summed E-state index contributed by atoms with van der Waals surface area (Å²) in [4.78, 5) is 12.1. The number of amides is 1. The minimum atomic E-state index is -0.124. The predicted molar refractivity (Wildman–Crippen MR) is 72.6 cm³/mol. The van der Waals surface area contributed by atoms with E-state index in [0.717, 1.165) is 12.8 Å². The highest BCUT2D eigenvalue weighted by atomic mass is 16.6. The Kier molecular flexibility index (Phi) is 4.63. The van der Waals surface area contributed by atoms with E-state index in [9.17, 15) is 4.79 Å². The zero-order chi connectivity index (χ0) is 13.7. The second kappa shape index (κ2) is 6.43. The molecule has 1 aliphatic rings. The number of rotatable bonds is 5. The zero-order valence-electron chi connectivity index (χ0n) is 11.1. The molecule has 0 bridgehead atoms. The maximum Gasteiger partial charge on any atom is 0.251 e. The number of fused-ring (bicyclic) bond motifs is 1. The molecule has 3 N–H and O–H groups in total. The minimum absolute atomic E-state index is 0.0192. The third kappa shape index (κ3) is 3.38. The SMILES string of the molecule is CCCC(CN)NC(=O)c1ccc2c(c1)OCCO2. The minimum Gasteiger partial charge on any atom is -0.486 e. The van der Waals surface area contributed by atoms with Crippen molar-refractivity contribution in [2.45, 2.75) is 25.8 Å². The first-order valence-corrected chi connectivity index (χ1v) is 6.65. The van der Waals surface area contributed by atoms with Crippen LogP contribution in [0, 0.1) is 0 Å². The Balaban J connectivity index is 2.06. The van der Waals surface area contributed by atoms with Crippen molar-refractivity contribution >= 4 is 5.91 Å². The van der Waals surface area contributed by atoms with E-state index in [2.05, 4.69) is 12.2 Å². The van der Waals surface area contributed by atoms with Gasteiger partial charge in [0.25, 0.3) is 5.91 Å². The fourth-order valence-electron chi connectivity index (χ4n) is 2.05. The lowest BCUT2D eigenvalue weighted by Crippen LogP contribution is -2.40. The largest absolute Gasteiger partial charge is 0.486 e. The van der Waals surface area contributed by atoms with Crippen LogP contribution >= 0.6 is 0 Å². The van der Waals surface area contributed by atoms with Crippen molar-refractivity contribution in [3.63, 3.8) is 0 Å². The van der Waals surface area contributed by atoms with E-state index in [1.165, 1.54) is 0 Å². The molecule has 0 spiro atoms. The highest BCUT2D eigenvalue weighted by molar-refractivity contribution is 5.95. The number of benzene rings is 1. The van der Waals surface area contributed by atoms with Crippen LogP contribution in [0.5, 0.6) is 11.5 Å². The summed E-state index contributed by atoms with van der Waals surface area (Å²) in [6.07, 6.45) is 1.87. The molecular weight excluding hydrogens is 244 g/mol. The molecule has 0 radical (unpaired) electrons. The van der Waals surface area contributed by atoms with Crippen molar-refractivity contribution in [3.05, 3.63) is 23.8 Å². The molecule has 1 atom stereocenters. The maximum atomic E-state index is 12.1. The quantitative estimate of drug-likeness (QED) is 0.841. The predicted octanol–water partition coefficient (Wildman–Crippen LogP) is 1.31. The van der Waals surface area contributed by atoms with E-state index in [-0.39, 0.29) is 11.9 Å². The Bertz CT molecular complexity index is 448. The first-order valence-electron chi connectivity index (χ1n) is 6.65. The van der Waals surface area contributed by atoms with Gasteiger partial charge in [0.15, 0.2) is 11.5 Å². The molecule has 1 aliphatic heterocycles. The maximum absolute atomic E-state index is 12.1. The van der Waals surface area contributed by atoms with E-state index in [4.69, 9.17) is 15.2 Å². The standard InChI is InChI=1S/C14H20N2O3/c1-2-3-11(9-15)16-14(17)10-4-5-12-13(8-10)19-7-6-18-12/h4-5,8,11H,2-3,6-7,9,15H2,1H3,(H,16,17). The molecule has 5 nitrogen and oxygen atoms in total.